The van der Waals surface area contributed by atoms with Crippen LogP contribution in [-0.2, 0) is 4.74 Å². The minimum Gasteiger partial charge on any atom is -0.508 e. The molecule has 4 fully saturated rings. The number of hydrogen-bond acceptors (Lipinski definition) is 11. The summed E-state index contributed by atoms with van der Waals surface area (Å²) in [4.78, 5) is 31.6. The molecule has 0 saturated carbocycles. The number of carbonyl (C=O) groups excluding carboxylic acids is 1. The lowest BCUT2D eigenvalue weighted by atomic mass is 9.95. The van der Waals surface area contributed by atoms with Crippen molar-refractivity contribution in [3.63, 3.8) is 0 Å². The van der Waals surface area contributed by atoms with Gasteiger partial charge in [0.2, 0.25) is 5.88 Å². The van der Waals surface area contributed by atoms with Gasteiger partial charge in [-0.15, -0.1) is 6.42 Å². The lowest BCUT2D eigenvalue weighted by Crippen LogP contribution is -2.57. The molecule has 12 nitrogen and oxygen atoms in total. The van der Waals surface area contributed by atoms with Crippen molar-refractivity contribution < 1.29 is 32.9 Å². The van der Waals surface area contributed by atoms with Crippen LogP contribution in [0.1, 0.15) is 77.7 Å². The molecule has 4 aromatic rings. The monoisotopic (exact) mass is 785 g/mol. The summed E-state index contributed by atoms with van der Waals surface area (Å²) in [5.74, 6) is 1.53. The zero-order chi connectivity index (χ0) is 40.3. The van der Waals surface area contributed by atoms with Gasteiger partial charge in [0.05, 0.1) is 24.3 Å². The Labute approximate surface area is 332 Å². The van der Waals surface area contributed by atoms with Crippen LogP contribution in [0.25, 0.3) is 32.9 Å². The topological polar surface area (TPSA) is 125 Å². The molecule has 57 heavy (non-hydrogen) atoms. The van der Waals surface area contributed by atoms with Crippen LogP contribution in [0, 0.1) is 24.0 Å². The first-order valence-electron chi connectivity index (χ1n) is 20.4. The molecule has 2 aromatic carbocycles. The Morgan fingerprint density at radius 1 is 1.04 bits per heavy atom. The van der Waals surface area contributed by atoms with Gasteiger partial charge in [0.1, 0.15) is 47.2 Å². The third kappa shape index (κ3) is 7.84. The number of terminal acetylenes is 1. The van der Waals surface area contributed by atoms with Crippen molar-refractivity contribution in [2.45, 2.75) is 89.8 Å². The third-order valence-corrected chi connectivity index (χ3v) is 11.8. The number of piperazine rings is 1. The van der Waals surface area contributed by atoms with E-state index in [1.165, 1.54) is 44.2 Å². The Morgan fingerprint density at radius 2 is 1.77 bits per heavy atom. The Bertz CT molecular complexity index is 2140. The second kappa shape index (κ2) is 17.2. The molecule has 2 aromatic heterocycles. The smallest absolute Gasteiger partial charge is 0.409 e. The summed E-state index contributed by atoms with van der Waals surface area (Å²) >= 11 is 0. The van der Waals surface area contributed by atoms with Crippen LogP contribution >= 0.6 is 0 Å². The predicted molar refractivity (Wildman–Crippen MR) is 216 cm³/mol. The number of pyridine rings is 1. The second-order valence-electron chi connectivity index (χ2n) is 15.3. The number of carbonyl (C=O) groups is 1. The average molecular weight is 786 g/mol. The molecule has 9 rings (SSSR count). The number of amides is 1. The van der Waals surface area contributed by atoms with Gasteiger partial charge in [-0.2, -0.15) is 9.97 Å². The number of aromatic hydroxyl groups is 1. The summed E-state index contributed by atoms with van der Waals surface area (Å²) < 4.78 is 49.0. The number of aromatic nitrogens is 3. The molecule has 4 saturated heterocycles. The van der Waals surface area contributed by atoms with Crippen LogP contribution in [0.4, 0.5) is 19.4 Å². The number of nitrogens with one attached hydrogen (secondary N) is 1. The average Bonchev–Trinajstić information content (AvgIpc) is 3.64. The summed E-state index contributed by atoms with van der Waals surface area (Å²) in [6.45, 7) is 11.9. The Morgan fingerprint density at radius 3 is 2.47 bits per heavy atom. The zero-order valence-corrected chi connectivity index (χ0v) is 33.4. The predicted octanol–water partition coefficient (Wildman–Crippen LogP) is 7.03. The number of halogens is 2. The molecule has 0 radical (unpaired) electrons. The van der Waals surface area contributed by atoms with E-state index in [4.69, 9.17) is 20.9 Å². The number of hydrogen-bond donors (Lipinski definition) is 2. The quantitative estimate of drug-likeness (QED) is 0.207. The normalized spacial score (nSPS) is 21.1. The number of phenolic OH excluding ortho intramolecular Hbond substituents is 1. The largest absolute Gasteiger partial charge is 0.508 e. The van der Waals surface area contributed by atoms with Crippen molar-refractivity contribution in [2.75, 3.05) is 64.5 Å². The van der Waals surface area contributed by atoms with Gasteiger partial charge in [0.25, 0.3) is 0 Å². The van der Waals surface area contributed by atoms with E-state index in [0.717, 1.165) is 64.7 Å². The van der Waals surface area contributed by atoms with Crippen molar-refractivity contribution in [1.82, 2.24) is 30.1 Å². The van der Waals surface area contributed by atoms with E-state index in [1.807, 2.05) is 13.8 Å². The van der Waals surface area contributed by atoms with Crippen molar-refractivity contribution in [3.8, 4) is 41.2 Å². The fraction of sp³-hybridized carbons (Fsp3) is 0.535. The van der Waals surface area contributed by atoms with E-state index in [2.05, 4.69) is 42.7 Å². The van der Waals surface area contributed by atoms with Gasteiger partial charge >= 0.3 is 12.1 Å². The zero-order valence-electron chi connectivity index (χ0n) is 33.4. The molecular weight excluding hydrogens is 733 g/mol. The highest BCUT2D eigenvalue weighted by Crippen LogP contribution is 2.44. The summed E-state index contributed by atoms with van der Waals surface area (Å²) in [6.07, 6.45) is 14.6. The van der Waals surface area contributed by atoms with Crippen LogP contribution in [0.2, 0.25) is 0 Å². The fourth-order valence-corrected chi connectivity index (χ4v) is 8.99. The molecule has 1 unspecified atom stereocenters. The number of rotatable bonds is 4. The van der Waals surface area contributed by atoms with Gasteiger partial charge in [0, 0.05) is 43.2 Å². The van der Waals surface area contributed by atoms with E-state index < -0.39 is 11.6 Å². The number of anilines is 1. The number of benzene rings is 2. The Hall–Kier alpha value is -5.00. The standard InChI is InChI=1S/C33H32F2N6O3.C8H15NO2.C2H6/c1-3-22-24(34)7-6-19-12-21(42)13-23(25(19)22)28-27(35)29-26-30(41-15-18(2)36-14-20(41)16-43-31(26)37-28)39-32(38-29)44-17-33-8-4-10-40(33)11-5-9-33;1-11-8(10)9-6-4-2-3-5-7-9;1-2/h1,6-7,12-13,18,20,36,42H,4-5,8-11,14-17H2,2H3;2-7H2,1H3;1-2H3/t18?,20-;;/m0../s1. The highest BCUT2D eigenvalue weighted by atomic mass is 19.1. The highest BCUT2D eigenvalue weighted by Gasteiger charge is 2.45. The maximum absolute atomic E-state index is 16.9. The van der Waals surface area contributed by atoms with Crippen LogP contribution in [0.5, 0.6) is 17.6 Å². The van der Waals surface area contributed by atoms with Crippen molar-refractivity contribution >= 4 is 33.6 Å². The number of methoxy groups -OCH3 is 1. The number of ether oxygens (including phenoxy) is 3. The second-order valence-corrected chi connectivity index (χ2v) is 15.3. The summed E-state index contributed by atoms with van der Waals surface area (Å²) in [5.41, 5.74) is -0.136. The van der Waals surface area contributed by atoms with Gasteiger partial charge in [-0.25, -0.2) is 18.6 Å². The molecule has 0 aliphatic carbocycles. The number of fused-ring (bicyclic) bond motifs is 4. The molecule has 5 aliphatic rings. The minimum atomic E-state index is -0.761. The molecule has 2 atom stereocenters. The van der Waals surface area contributed by atoms with Crippen LogP contribution < -0.4 is 19.7 Å². The van der Waals surface area contributed by atoms with E-state index >= 15 is 4.39 Å². The Balaban J connectivity index is 0.000000329. The molecule has 304 valence electrons. The summed E-state index contributed by atoms with van der Waals surface area (Å²) in [6, 6.07) is 5.69. The SMILES string of the molecule is C#Cc1c(F)ccc2cc(O)cc(-c3nc4c5c(nc(OCC67CCCN6CCC7)nc5c3F)N3CC(C)NC[C@H]3CO4)c12.CC.COC(=O)N1CCCCCC1. The Kier molecular flexibility index (Phi) is 12.2. The summed E-state index contributed by atoms with van der Waals surface area (Å²) in [5, 5.41) is 15.1. The molecule has 2 N–H and O–H groups in total. The van der Waals surface area contributed by atoms with Crippen molar-refractivity contribution in [2.24, 2.45) is 0 Å². The van der Waals surface area contributed by atoms with Gasteiger partial charge < -0.3 is 34.4 Å². The molecule has 1 amide bonds. The highest BCUT2D eigenvalue weighted by molar-refractivity contribution is 6.04. The molecule has 5 aliphatic heterocycles. The lowest BCUT2D eigenvalue weighted by molar-refractivity contribution is 0.108. The van der Waals surface area contributed by atoms with Gasteiger partial charge in [-0.3, -0.25) is 4.90 Å². The van der Waals surface area contributed by atoms with E-state index in [9.17, 15) is 14.3 Å². The number of likely N-dealkylation sites (tertiary alicyclic amines) is 1. The van der Waals surface area contributed by atoms with Gasteiger partial charge in [0.15, 0.2) is 5.82 Å². The van der Waals surface area contributed by atoms with E-state index in [1.54, 1.807) is 4.90 Å². The molecule has 0 spiro atoms. The third-order valence-electron chi connectivity index (χ3n) is 11.8. The first-order chi connectivity index (χ1) is 27.7. The summed E-state index contributed by atoms with van der Waals surface area (Å²) in [7, 11) is 1.44. The molecular formula is C43H53F2N7O5. The van der Waals surface area contributed by atoms with Gasteiger partial charge in [-0.1, -0.05) is 38.7 Å². The maximum Gasteiger partial charge on any atom is 0.409 e. The minimum absolute atomic E-state index is 0.0146. The van der Waals surface area contributed by atoms with Crippen LogP contribution in [0.15, 0.2) is 24.3 Å². The first-order valence-corrected chi connectivity index (χ1v) is 20.4. The van der Waals surface area contributed by atoms with Crippen molar-refractivity contribution in [3.05, 3.63) is 41.5 Å². The number of nitrogens with zero attached hydrogens (tertiary/aromatic N) is 6. The first kappa shape index (κ1) is 40.2. The van der Waals surface area contributed by atoms with E-state index in [0.29, 0.717) is 36.3 Å². The molecule has 7 heterocycles. The maximum atomic E-state index is 16.9. The van der Waals surface area contributed by atoms with Crippen molar-refractivity contribution in [1.29, 1.82) is 0 Å². The van der Waals surface area contributed by atoms with E-state index in [-0.39, 0.29) is 75.7 Å². The van der Waals surface area contributed by atoms with Crippen LogP contribution in [0.3, 0.4) is 0 Å². The van der Waals surface area contributed by atoms with Crippen LogP contribution in [-0.4, -0.2) is 113 Å². The molecule has 0 bridgehead atoms. The lowest BCUT2D eigenvalue weighted by Gasteiger charge is -2.38. The number of phenols is 1. The molecule has 14 heteroatoms. The fourth-order valence-electron chi connectivity index (χ4n) is 8.99. The van der Waals surface area contributed by atoms with Gasteiger partial charge in [-0.05, 0) is 82.1 Å².